The molecule has 2 aromatic rings. The van der Waals surface area contributed by atoms with Crippen LogP contribution in [-0.2, 0) is 4.74 Å². The van der Waals surface area contributed by atoms with Crippen molar-refractivity contribution in [3.63, 3.8) is 0 Å². The Morgan fingerprint density at radius 1 is 1.04 bits per heavy atom. The third kappa shape index (κ3) is 4.12. The molecule has 0 atom stereocenters. The number of ether oxygens (including phenoxy) is 1. The van der Waals surface area contributed by atoms with Gasteiger partial charge in [-0.2, -0.15) is 0 Å². The van der Waals surface area contributed by atoms with Crippen LogP contribution >= 0.6 is 63.7 Å². The summed E-state index contributed by atoms with van der Waals surface area (Å²) in [5.41, 5.74) is 1.85. The largest absolute Gasteiger partial charge is 0.379 e. The molecule has 126 valence electrons. The van der Waals surface area contributed by atoms with E-state index in [1.807, 2.05) is 0 Å². The monoisotopic (exact) mass is 572 g/mol. The number of morpholine rings is 1. The minimum absolute atomic E-state index is 0.786. The van der Waals surface area contributed by atoms with Crippen molar-refractivity contribution in [2.24, 2.45) is 0 Å². The van der Waals surface area contributed by atoms with Crippen LogP contribution in [0.2, 0.25) is 0 Å². The van der Waals surface area contributed by atoms with E-state index < -0.39 is 0 Å². The third-order valence-corrected chi connectivity index (χ3v) is 8.50. The Hall–Kier alpha value is 0.330. The minimum Gasteiger partial charge on any atom is -0.379 e. The van der Waals surface area contributed by atoms with E-state index in [2.05, 4.69) is 83.9 Å². The number of H-pyrrole nitrogens is 1. The van der Waals surface area contributed by atoms with Gasteiger partial charge in [-0.1, -0.05) is 0 Å². The lowest BCUT2D eigenvalue weighted by Crippen LogP contribution is -2.37. The molecule has 1 fully saturated rings. The average molecular weight is 576 g/mol. The molecule has 0 unspecified atom stereocenters. The fraction of sp³-hybridized carbons (Fsp3) is 0.500. The van der Waals surface area contributed by atoms with Gasteiger partial charge in [-0.3, -0.25) is 4.90 Å². The smallest absolute Gasteiger partial charge is 0.201 e. The number of aromatic nitrogens is 2. The molecule has 0 saturated carbocycles. The fourth-order valence-electron chi connectivity index (χ4n) is 2.52. The Kier molecular flexibility index (Phi) is 6.42. The maximum absolute atomic E-state index is 5.36. The molecule has 1 aromatic carbocycles. The summed E-state index contributed by atoms with van der Waals surface area (Å²) >= 11 is 14.3. The molecule has 3 rings (SSSR count). The van der Waals surface area contributed by atoms with E-state index >= 15 is 0 Å². The molecule has 1 saturated heterocycles. The van der Waals surface area contributed by atoms with E-state index in [0.29, 0.717) is 0 Å². The number of imidazole rings is 1. The van der Waals surface area contributed by atoms with Crippen molar-refractivity contribution < 1.29 is 4.74 Å². The molecule has 5 nitrogen and oxygen atoms in total. The number of benzene rings is 1. The number of aromatic amines is 1. The fourth-order valence-corrected chi connectivity index (χ4v) is 4.80. The van der Waals surface area contributed by atoms with Crippen molar-refractivity contribution in [2.45, 2.75) is 6.42 Å². The Morgan fingerprint density at radius 2 is 1.74 bits per heavy atom. The second kappa shape index (κ2) is 8.14. The van der Waals surface area contributed by atoms with Crippen molar-refractivity contribution >= 4 is 80.7 Å². The number of halogens is 4. The summed E-state index contributed by atoms with van der Waals surface area (Å²) in [6, 6.07) is 0. The first kappa shape index (κ1) is 18.1. The SMILES string of the molecule is Brc1c(Br)c(Br)c2[nH]c(NCCCN3CCOCC3)nc2c1Br. The van der Waals surface area contributed by atoms with Gasteiger partial charge in [0.15, 0.2) is 0 Å². The van der Waals surface area contributed by atoms with Crippen LogP contribution in [-0.4, -0.2) is 54.3 Å². The van der Waals surface area contributed by atoms with Gasteiger partial charge in [-0.25, -0.2) is 4.98 Å². The average Bonchev–Trinajstić information content (AvgIpc) is 3.00. The number of rotatable bonds is 5. The normalized spacial score (nSPS) is 16.2. The summed E-state index contributed by atoms with van der Waals surface area (Å²) in [6.45, 7) is 5.74. The topological polar surface area (TPSA) is 53.2 Å². The molecule has 1 aromatic heterocycles. The maximum atomic E-state index is 5.36. The van der Waals surface area contributed by atoms with Crippen molar-refractivity contribution in [3.05, 3.63) is 17.9 Å². The number of hydrogen-bond acceptors (Lipinski definition) is 4. The van der Waals surface area contributed by atoms with Crippen LogP contribution in [0.5, 0.6) is 0 Å². The number of anilines is 1. The Bertz CT molecular complexity index is 655. The van der Waals surface area contributed by atoms with Gasteiger partial charge in [0.05, 0.1) is 27.7 Å². The van der Waals surface area contributed by atoms with Crippen molar-refractivity contribution in [1.82, 2.24) is 14.9 Å². The van der Waals surface area contributed by atoms with E-state index in [0.717, 1.165) is 80.7 Å². The van der Waals surface area contributed by atoms with Crippen LogP contribution in [0.1, 0.15) is 6.42 Å². The first-order valence-electron chi connectivity index (χ1n) is 7.33. The van der Waals surface area contributed by atoms with Crippen LogP contribution < -0.4 is 5.32 Å². The third-order valence-electron chi connectivity index (χ3n) is 3.76. The molecule has 0 aliphatic carbocycles. The highest BCUT2D eigenvalue weighted by Gasteiger charge is 2.17. The molecule has 0 radical (unpaired) electrons. The standard InChI is InChI=1S/C14H16Br4N4O/c15-8-9(16)11(18)13-12(10(8)17)20-14(21-13)19-2-1-3-22-4-6-23-7-5-22/h1-7H2,(H2,19,20,21). The molecule has 0 spiro atoms. The zero-order chi connectivity index (χ0) is 16.4. The number of fused-ring (bicyclic) bond motifs is 1. The lowest BCUT2D eigenvalue weighted by Gasteiger charge is -2.26. The highest BCUT2D eigenvalue weighted by atomic mass is 79.9. The zero-order valence-corrected chi connectivity index (χ0v) is 18.6. The van der Waals surface area contributed by atoms with E-state index in [1.54, 1.807) is 0 Å². The minimum atomic E-state index is 0.786. The van der Waals surface area contributed by atoms with Gasteiger partial charge in [0.25, 0.3) is 0 Å². The lowest BCUT2D eigenvalue weighted by molar-refractivity contribution is 0.0378. The molecule has 2 heterocycles. The van der Waals surface area contributed by atoms with E-state index in [-0.39, 0.29) is 0 Å². The second-order valence-electron chi connectivity index (χ2n) is 5.30. The van der Waals surface area contributed by atoms with Crippen LogP contribution in [0.15, 0.2) is 17.9 Å². The number of nitrogens with one attached hydrogen (secondary N) is 2. The maximum Gasteiger partial charge on any atom is 0.201 e. The Balaban J connectivity index is 1.62. The summed E-state index contributed by atoms with van der Waals surface area (Å²) in [7, 11) is 0. The van der Waals surface area contributed by atoms with Crippen molar-refractivity contribution in [3.8, 4) is 0 Å². The van der Waals surface area contributed by atoms with Crippen LogP contribution in [0.25, 0.3) is 11.0 Å². The highest BCUT2D eigenvalue weighted by molar-refractivity contribution is 9.15. The predicted molar refractivity (Wildman–Crippen MR) is 107 cm³/mol. The molecule has 1 aliphatic rings. The van der Waals surface area contributed by atoms with Crippen LogP contribution in [0.3, 0.4) is 0 Å². The second-order valence-corrected chi connectivity index (χ2v) is 8.47. The summed E-state index contributed by atoms with van der Waals surface area (Å²) in [4.78, 5) is 10.4. The molecule has 1 aliphatic heterocycles. The van der Waals surface area contributed by atoms with E-state index in [1.165, 1.54) is 0 Å². The summed E-state index contributed by atoms with van der Waals surface area (Å²) in [5.74, 6) is 0.786. The lowest BCUT2D eigenvalue weighted by atomic mass is 10.3. The quantitative estimate of drug-likeness (QED) is 0.307. The van der Waals surface area contributed by atoms with Gasteiger partial charge in [0.2, 0.25) is 5.95 Å². The van der Waals surface area contributed by atoms with Crippen molar-refractivity contribution in [2.75, 3.05) is 44.7 Å². The molecule has 9 heteroatoms. The molecule has 23 heavy (non-hydrogen) atoms. The summed E-state index contributed by atoms with van der Waals surface area (Å²) in [6.07, 6.45) is 1.08. The number of hydrogen-bond donors (Lipinski definition) is 2. The van der Waals surface area contributed by atoms with Crippen LogP contribution in [0.4, 0.5) is 5.95 Å². The van der Waals surface area contributed by atoms with Crippen LogP contribution in [0, 0.1) is 0 Å². The summed E-state index contributed by atoms with van der Waals surface area (Å²) in [5, 5.41) is 3.37. The zero-order valence-electron chi connectivity index (χ0n) is 12.3. The predicted octanol–water partition coefficient (Wildman–Crippen LogP) is 4.75. The Labute approximate surface area is 168 Å². The first-order valence-corrected chi connectivity index (χ1v) is 10.5. The van der Waals surface area contributed by atoms with Gasteiger partial charge in [0, 0.05) is 28.6 Å². The molecular formula is C14H16Br4N4O. The Morgan fingerprint density at radius 3 is 2.48 bits per heavy atom. The molecule has 0 bridgehead atoms. The van der Waals surface area contributed by atoms with Crippen molar-refractivity contribution in [1.29, 1.82) is 0 Å². The first-order chi connectivity index (χ1) is 11.1. The molecular weight excluding hydrogens is 560 g/mol. The van der Waals surface area contributed by atoms with Gasteiger partial charge >= 0.3 is 0 Å². The van der Waals surface area contributed by atoms with Gasteiger partial charge in [0.1, 0.15) is 5.52 Å². The number of nitrogens with zero attached hydrogens (tertiary/aromatic N) is 2. The summed E-state index contributed by atoms with van der Waals surface area (Å²) < 4.78 is 9.15. The van der Waals surface area contributed by atoms with Gasteiger partial charge in [-0.15, -0.1) is 0 Å². The highest BCUT2D eigenvalue weighted by Crippen LogP contribution is 2.42. The van der Waals surface area contributed by atoms with E-state index in [9.17, 15) is 0 Å². The van der Waals surface area contributed by atoms with Gasteiger partial charge < -0.3 is 15.0 Å². The molecule has 2 N–H and O–H groups in total. The van der Waals surface area contributed by atoms with Gasteiger partial charge in [-0.05, 0) is 76.7 Å². The van der Waals surface area contributed by atoms with E-state index in [4.69, 9.17) is 4.74 Å². The molecule has 0 amide bonds.